The van der Waals surface area contributed by atoms with Gasteiger partial charge in [-0.05, 0) is 53.6 Å². The zero-order chi connectivity index (χ0) is 25.8. The van der Waals surface area contributed by atoms with Crippen LogP contribution in [0.5, 0.6) is 11.5 Å². The number of thiophene rings is 2. The number of carbonyl (C=O) groups excluding carboxylic acids is 1. The molecule has 9 heteroatoms. The highest BCUT2D eigenvalue weighted by Crippen LogP contribution is 2.36. The third-order valence-corrected chi connectivity index (χ3v) is 7.95. The summed E-state index contributed by atoms with van der Waals surface area (Å²) in [5.41, 5.74) is 1.69. The molecule has 2 N–H and O–H groups in total. The topological polar surface area (TPSA) is 110 Å². The number of fused-ring (bicyclic) bond motifs is 2. The van der Waals surface area contributed by atoms with E-state index in [9.17, 15) is 14.4 Å². The first-order valence-electron chi connectivity index (χ1n) is 11.1. The second-order valence-corrected chi connectivity index (χ2v) is 10.4. The Morgan fingerprint density at radius 3 is 2.03 bits per heavy atom. The highest BCUT2D eigenvalue weighted by Gasteiger charge is 2.14. The lowest BCUT2D eigenvalue weighted by Gasteiger charge is -2.07. The van der Waals surface area contributed by atoms with Gasteiger partial charge < -0.3 is 19.7 Å². The van der Waals surface area contributed by atoms with Crippen LogP contribution in [0.4, 0.5) is 0 Å². The smallest absolute Gasteiger partial charge is 0.303 e. The van der Waals surface area contributed by atoms with E-state index in [-0.39, 0.29) is 25.0 Å². The summed E-state index contributed by atoms with van der Waals surface area (Å²) in [6.07, 6.45) is 4.21. The quantitative estimate of drug-likeness (QED) is 0.173. The molecule has 0 aliphatic carbocycles. The van der Waals surface area contributed by atoms with Crippen molar-refractivity contribution in [2.45, 2.75) is 25.7 Å². The molecule has 0 aliphatic heterocycles. The Labute approximate surface area is 215 Å². The van der Waals surface area contributed by atoms with Crippen molar-refractivity contribution in [3.8, 4) is 11.5 Å². The molecule has 0 saturated heterocycles. The highest BCUT2D eigenvalue weighted by atomic mass is 32.1. The van der Waals surface area contributed by atoms with Gasteiger partial charge in [-0.3, -0.25) is 14.4 Å². The van der Waals surface area contributed by atoms with E-state index in [1.807, 2.05) is 42.5 Å². The van der Waals surface area contributed by atoms with Crippen LogP contribution in [0, 0.1) is 0 Å². The van der Waals surface area contributed by atoms with Crippen LogP contribution >= 0.6 is 22.7 Å². The summed E-state index contributed by atoms with van der Waals surface area (Å²) < 4.78 is 13.1. The molecule has 7 nitrogen and oxygen atoms in total. The summed E-state index contributed by atoms with van der Waals surface area (Å²) >= 11 is 2.90. The van der Waals surface area contributed by atoms with Gasteiger partial charge in [0.15, 0.2) is 5.78 Å². The molecule has 36 heavy (non-hydrogen) atoms. The second-order valence-electron chi connectivity index (χ2n) is 8.13. The third-order valence-electron chi connectivity index (χ3n) is 5.66. The molecule has 0 aliphatic rings. The number of hydrogen-bond acceptors (Lipinski definition) is 7. The number of carboxylic acids is 2. The van der Waals surface area contributed by atoms with Crippen LogP contribution in [0.3, 0.4) is 0 Å². The number of hydrogen-bond donors (Lipinski definition) is 2. The van der Waals surface area contributed by atoms with Crippen LogP contribution in [0.15, 0.2) is 36.4 Å². The Morgan fingerprint density at radius 1 is 0.750 bits per heavy atom. The van der Waals surface area contributed by atoms with Crippen LogP contribution < -0.4 is 9.47 Å². The molecule has 4 rings (SSSR count). The van der Waals surface area contributed by atoms with Gasteiger partial charge in [-0.1, -0.05) is 12.2 Å². The molecule has 0 bridgehead atoms. The zero-order valence-electron chi connectivity index (χ0n) is 19.7. The fourth-order valence-electron chi connectivity index (χ4n) is 3.85. The lowest BCUT2D eigenvalue weighted by molar-refractivity contribution is -0.137. The van der Waals surface area contributed by atoms with Gasteiger partial charge in [0, 0.05) is 31.8 Å². The van der Waals surface area contributed by atoms with Crippen LogP contribution in [0.2, 0.25) is 0 Å². The molecule has 4 aromatic rings. The molecule has 2 aromatic heterocycles. The molecule has 0 atom stereocenters. The molecule has 0 unspecified atom stereocenters. The van der Waals surface area contributed by atoms with Crippen molar-refractivity contribution < 1.29 is 34.1 Å². The van der Waals surface area contributed by atoms with E-state index < -0.39 is 11.9 Å². The van der Waals surface area contributed by atoms with Crippen LogP contribution in [-0.4, -0.2) is 42.2 Å². The van der Waals surface area contributed by atoms with E-state index in [4.69, 9.17) is 19.7 Å². The molecule has 0 spiro atoms. The Kier molecular flexibility index (Phi) is 7.71. The summed E-state index contributed by atoms with van der Waals surface area (Å²) in [4.78, 5) is 35.6. The van der Waals surface area contributed by atoms with E-state index in [1.54, 1.807) is 31.6 Å². The second kappa shape index (κ2) is 10.9. The van der Waals surface area contributed by atoms with Crippen molar-refractivity contribution in [3.63, 3.8) is 0 Å². The lowest BCUT2D eigenvalue weighted by Crippen LogP contribution is -2.01. The first-order valence-corrected chi connectivity index (χ1v) is 12.8. The van der Waals surface area contributed by atoms with Gasteiger partial charge in [-0.15, -0.1) is 22.7 Å². The standard InChI is InChI=1S/C27H24O7S2/c1-33-21-11-18-13-25(20(28)6-8-27(31)32)36-23(18)12-16(21)4-3-15-9-17-10-19(5-7-26(29)30)35-24(17)14-22(15)34-2/h3-4,9-14H,5-8H2,1-2H3,(H,29,30)(H,31,32)/b4-3-. The number of benzene rings is 2. The number of carbonyl (C=O) groups is 3. The van der Waals surface area contributed by atoms with Crippen molar-refractivity contribution in [2.75, 3.05) is 14.2 Å². The van der Waals surface area contributed by atoms with Crippen molar-refractivity contribution >= 4 is 72.7 Å². The predicted molar refractivity (Wildman–Crippen MR) is 143 cm³/mol. The van der Waals surface area contributed by atoms with E-state index in [0.717, 1.165) is 36.2 Å². The number of aliphatic carboxylic acids is 2. The lowest BCUT2D eigenvalue weighted by atomic mass is 10.1. The molecule has 186 valence electrons. The van der Waals surface area contributed by atoms with E-state index in [2.05, 4.69) is 0 Å². The number of carboxylic acid groups (broad SMARTS) is 2. The summed E-state index contributed by atoms with van der Waals surface area (Å²) in [5, 5.41) is 19.7. The van der Waals surface area contributed by atoms with Crippen LogP contribution in [0.1, 0.15) is 44.9 Å². The maximum absolute atomic E-state index is 12.4. The van der Waals surface area contributed by atoms with Crippen LogP contribution in [-0.2, 0) is 16.0 Å². The van der Waals surface area contributed by atoms with Gasteiger partial charge in [-0.25, -0.2) is 0 Å². The third kappa shape index (κ3) is 5.75. The predicted octanol–water partition coefficient (Wildman–Crippen LogP) is 6.37. The first kappa shape index (κ1) is 25.4. The molecular weight excluding hydrogens is 500 g/mol. The minimum atomic E-state index is -0.994. The number of methoxy groups -OCH3 is 2. The van der Waals surface area contributed by atoms with Gasteiger partial charge >= 0.3 is 11.9 Å². The minimum absolute atomic E-state index is 0.0328. The monoisotopic (exact) mass is 524 g/mol. The summed E-state index contributed by atoms with van der Waals surface area (Å²) in [7, 11) is 3.19. The average Bonchev–Trinajstić information content (AvgIpc) is 3.46. The minimum Gasteiger partial charge on any atom is -0.496 e. The number of ether oxygens (including phenoxy) is 2. The van der Waals surface area contributed by atoms with E-state index in [1.165, 1.54) is 11.3 Å². The molecule has 0 fully saturated rings. The SMILES string of the molecule is COc1cc2cc(C(=O)CCC(=O)O)sc2cc1/C=C\c1cc2cc(CCC(=O)O)sc2cc1OC. The molecule has 0 radical (unpaired) electrons. The molecule has 2 aromatic carbocycles. The van der Waals surface area contributed by atoms with Gasteiger partial charge in [0.05, 0.1) is 31.9 Å². The summed E-state index contributed by atoms with van der Waals surface area (Å²) in [5.74, 6) is -0.653. The Morgan fingerprint density at radius 2 is 1.36 bits per heavy atom. The van der Waals surface area contributed by atoms with Crippen molar-refractivity contribution in [1.82, 2.24) is 0 Å². The van der Waals surface area contributed by atoms with Crippen molar-refractivity contribution in [1.29, 1.82) is 0 Å². The number of Topliss-reactive ketones (excluding diaryl/α,β-unsaturated/α-hetero) is 1. The van der Waals surface area contributed by atoms with E-state index in [0.29, 0.717) is 22.8 Å². The van der Waals surface area contributed by atoms with Crippen molar-refractivity contribution in [2.24, 2.45) is 0 Å². The number of rotatable bonds is 11. The zero-order valence-corrected chi connectivity index (χ0v) is 21.3. The fourth-order valence-corrected chi connectivity index (χ4v) is 5.99. The average molecular weight is 525 g/mol. The van der Waals surface area contributed by atoms with Gasteiger partial charge in [0.25, 0.3) is 0 Å². The maximum atomic E-state index is 12.4. The van der Waals surface area contributed by atoms with Gasteiger partial charge in [-0.2, -0.15) is 0 Å². The van der Waals surface area contributed by atoms with Gasteiger partial charge in [0.2, 0.25) is 0 Å². The highest BCUT2D eigenvalue weighted by molar-refractivity contribution is 7.21. The normalized spacial score (nSPS) is 11.4. The largest absolute Gasteiger partial charge is 0.496 e. The van der Waals surface area contributed by atoms with Crippen LogP contribution in [0.25, 0.3) is 32.3 Å². The Balaban J connectivity index is 1.65. The Bertz CT molecular complexity index is 1490. The molecule has 2 heterocycles. The fraction of sp³-hybridized carbons (Fsp3) is 0.222. The number of ketones is 1. The van der Waals surface area contributed by atoms with Crippen molar-refractivity contribution in [3.05, 3.63) is 57.3 Å². The number of aryl methyl sites for hydroxylation is 1. The maximum Gasteiger partial charge on any atom is 0.303 e. The molecule has 0 saturated carbocycles. The van der Waals surface area contributed by atoms with E-state index >= 15 is 0 Å². The summed E-state index contributed by atoms with van der Waals surface area (Å²) in [6.45, 7) is 0. The summed E-state index contributed by atoms with van der Waals surface area (Å²) in [6, 6.07) is 11.6. The Hall–Kier alpha value is -3.69. The van der Waals surface area contributed by atoms with Gasteiger partial charge in [0.1, 0.15) is 11.5 Å². The molecule has 0 amide bonds. The molecular formula is C27H24O7S2. The first-order chi connectivity index (χ1) is 17.3.